The Balaban J connectivity index is 2.56. The standard InChI is InChI=1S/C7H11NO2/c1-3-5-6(4-2)10-7(9)8-5/h3,5-6H,1,4H2,2H3,(H,8,9)/t5-,6+/m1/s1. The van der Waals surface area contributed by atoms with E-state index in [-0.39, 0.29) is 18.2 Å². The van der Waals surface area contributed by atoms with Crippen molar-refractivity contribution in [2.45, 2.75) is 25.5 Å². The van der Waals surface area contributed by atoms with Gasteiger partial charge in [-0.3, -0.25) is 0 Å². The summed E-state index contributed by atoms with van der Waals surface area (Å²) in [5, 5.41) is 2.63. The topological polar surface area (TPSA) is 38.3 Å². The predicted molar refractivity (Wildman–Crippen MR) is 37.7 cm³/mol. The summed E-state index contributed by atoms with van der Waals surface area (Å²) in [5.41, 5.74) is 0. The van der Waals surface area contributed by atoms with Crippen molar-refractivity contribution < 1.29 is 9.53 Å². The fourth-order valence-electron chi connectivity index (χ4n) is 1.02. The summed E-state index contributed by atoms with van der Waals surface area (Å²) in [5.74, 6) is 0. The lowest BCUT2D eigenvalue weighted by Gasteiger charge is -2.08. The number of alkyl carbamates (subject to hydrolysis) is 1. The molecule has 0 aromatic carbocycles. The van der Waals surface area contributed by atoms with Gasteiger partial charge in [-0.2, -0.15) is 0 Å². The molecule has 56 valence electrons. The number of hydrogen-bond donors (Lipinski definition) is 1. The Morgan fingerprint density at radius 1 is 1.90 bits per heavy atom. The molecule has 1 fully saturated rings. The number of amides is 1. The number of cyclic esters (lactones) is 1. The van der Waals surface area contributed by atoms with Crippen LogP contribution in [0.1, 0.15) is 13.3 Å². The third kappa shape index (κ3) is 1.12. The number of hydrogen-bond acceptors (Lipinski definition) is 2. The second-order valence-electron chi connectivity index (χ2n) is 2.26. The molecule has 0 radical (unpaired) electrons. The van der Waals surface area contributed by atoms with E-state index in [4.69, 9.17) is 4.74 Å². The molecule has 1 amide bonds. The van der Waals surface area contributed by atoms with E-state index in [2.05, 4.69) is 11.9 Å². The molecule has 1 aliphatic heterocycles. The molecule has 0 bridgehead atoms. The van der Waals surface area contributed by atoms with Gasteiger partial charge in [-0.25, -0.2) is 4.79 Å². The minimum Gasteiger partial charge on any atom is -0.444 e. The quantitative estimate of drug-likeness (QED) is 0.584. The normalized spacial score (nSPS) is 31.1. The zero-order valence-electron chi connectivity index (χ0n) is 5.96. The van der Waals surface area contributed by atoms with Crippen molar-refractivity contribution in [1.82, 2.24) is 5.32 Å². The van der Waals surface area contributed by atoms with Gasteiger partial charge in [0, 0.05) is 0 Å². The zero-order chi connectivity index (χ0) is 7.56. The van der Waals surface area contributed by atoms with Gasteiger partial charge in [-0.05, 0) is 6.42 Å². The van der Waals surface area contributed by atoms with Crippen LogP contribution in [0.25, 0.3) is 0 Å². The highest BCUT2D eigenvalue weighted by atomic mass is 16.6. The zero-order valence-corrected chi connectivity index (χ0v) is 5.96. The maximum absolute atomic E-state index is 10.6. The van der Waals surface area contributed by atoms with Crippen molar-refractivity contribution in [3.8, 4) is 0 Å². The fraction of sp³-hybridized carbons (Fsp3) is 0.571. The number of rotatable bonds is 2. The number of carbonyl (C=O) groups is 1. The molecular weight excluding hydrogens is 130 g/mol. The first kappa shape index (κ1) is 7.12. The lowest BCUT2D eigenvalue weighted by Crippen LogP contribution is -2.28. The van der Waals surface area contributed by atoms with E-state index in [1.807, 2.05) is 6.92 Å². The highest BCUT2D eigenvalue weighted by Crippen LogP contribution is 2.11. The molecule has 0 spiro atoms. The van der Waals surface area contributed by atoms with Crippen molar-refractivity contribution >= 4 is 6.09 Å². The molecule has 1 heterocycles. The molecule has 1 saturated heterocycles. The van der Waals surface area contributed by atoms with E-state index in [0.717, 1.165) is 6.42 Å². The van der Waals surface area contributed by atoms with Crippen LogP contribution < -0.4 is 5.32 Å². The molecule has 0 saturated carbocycles. The molecule has 0 aromatic heterocycles. The van der Waals surface area contributed by atoms with Gasteiger partial charge in [0.1, 0.15) is 6.10 Å². The molecule has 1 aliphatic rings. The van der Waals surface area contributed by atoms with Crippen LogP contribution in [-0.4, -0.2) is 18.2 Å². The summed E-state index contributed by atoms with van der Waals surface area (Å²) in [6.45, 7) is 5.55. The van der Waals surface area contributed by atoms with Crippen molar-refractivity contribution in [3.05, 3.63) is 12.7 Å². The Kier molecular flexibility index (Phi) is 1.94. The summed E-state index contributed by atoms with van der Waals surface area (Å²) in [7, 11) is 0. The second kappa shape index (κ2) is 2.73. The van der Waals surface area contributed by atoms with Crippen molar-refractivity contribution in [1.29, 1.82) is 0 Å². The molecule has 3 heteroatoms. The van der Waals surface area contributed by atoms with Gasteiger partial charge in [0.2, 0.25) is 0 Å². The monoisotopic (exact) mass is 141 g/mol. The Labute approximate surface area is 60.1 Å². The molecule has 0 unspecified atom stereocenters. The first-order chi connectivity index (χ1) is 4.77. The Morgan fingerprint density at radius 3 is 3.00 bits per heavy atom. The second-order valence-corrected chi connectivity index (χ2v) is 2.26. The van der Waals surface area contributed by atoms with Crippen molar-refractivity contribution in [2.75, 3.05) is 0 Å². The minimum absolute atomic E-state index is 0.00231. The van der Waals surface area contributed by atoms with E-state index in [9.17, 15) is 4.79 Å². The molecule has 2 atom stereocenters. The van der Waals surface area contributed by atoms with Gasteiger partial charge >= 0.3 is 6.09 Å². The largest absolute Gasteiger partial charge is 0.444 e. The highest BCUT2D eigenvalue weighted by molar-refractivity contribution is 5.70. The van der Waals surface area contributed by atoms with Crippen LogP contribution in [0.4, 0.5) is 4.79 Å². The SMILES string of the molecule is C=C[C@H]1NC(=O)O[C@H]1CC. The highest BCUT2D eigenvalue weighted by Gasteiger charge is 2.29. The molecule has 3 nitrogen and oxygen atoms in total. The van der Waals surface area contributed by atoms with E-state index < -0.39 is 0 Å². The Hall–Kier alpha value is -0.990. The van der Waals surface area contributed by atoms with Crippen molar-refractivity contribution in [2.24, 2.45) is 0 Å². The van der Waals surface area contributed by atoms with Gasteiger partial charge in [-0.1, -0.05) is 13.0 Å². The average Bonchev–Trinajstić information content (AvgIpc) is 2.30. The third-order valence-corrected chi connectivity index (χ3v) is 1.60. The number of carbonyl (C=O) groups excluding carboxylic acids is 1. The van der Waals surface area contributed by atoms with Crippen LogP contribution in [0.15, 0.2) is 12.7 Å². The Morgan fingerprint density at radius 2 is 2.60 bits per heavy atom. The molecule has 1 N–H and O–H groups in total. The van der Waals surface area contributed by atoms with Crippen LogP contribution in [-0.2, 0) is 4.74 Å². The Bertz CT molecular complexity index is 156. The van der Waals surface area contributed by atoms with E-state index in [0.29, 0.717) is 0 Å². The van der Waals surface area contributed by atoms with Crippen LogP contribution in [0.3, 0.4) is 0 Å². The molecular formula is C7H11NO2. The molecule has 10 heavy (non-hydrogen) atoms. The van der Waals surface area contributed by atoms with E-state index in [1.165, 1.54) is 0 Å². The fourth-order valence-corrected chi connectivity index (χ4v) is 1.02. The molecule has 0 aliphatic carbocycles. The third-order valence-electron chi connectivity index (χ3n) is 1.60. The molecule has 1 rings (SSSR count). The first-order valence-electron chi connectivity index (χ1n) is 3.37. The van der Waals surface area contributed by atoms with E-state index in [1.54, 1.807) is 6.08 Å². The number of ether oxygens (including phenoxy) is 1. The van der Waals surface area contributed by atoms with E-state index >= 15 is 0 Å². The summed E-state index contributed by atoms with van der Waals surface area (Å²) in [6, 6.07) is -0.00231. The maximum atomic E-state index is 10.6. The predicted octanol–water partition coefficient (Wildman–Crippen LogP) is 1.06. The summed E-state index contributed by atoms with van der Waals surface area (Å²) >= 11 is 0. The van der Waals surface area contributed by atoms with Crippen molar-refractivity contribution in [3.63, 3.8) is 0 Å². The maximum Gasteiger partial charge on any atom is 0.408 e. The summed E-state index contributed by atoms with van der Waals surface area (Å²) in [6.07, 6.45) is 2.16. The first-order valence-corrected chi connectivity index (χ1v) is 3.37. The molecule has 0 aromatic rings. The number of nitrogens with one attached hydrogen (secondary N) is 1. The van der Waals surface area contributed by atoms with Crippen LogP contribution in [0.2, 0.25) is 0 Å². The summed E-state index contributed by atoms with van der Waals surface area (Å²) < 4.78 is 4.89. The van der Waals surface area contributed by atoms with Gasteiger partial charge in [-0.15, -0.1) is 6.58 Å². The lowest BCUT2D eigenvalue weighted by molar-refractivity contribution is 0.133. The van der Waals surface area contributed by atoms with Gasteiger partial charge < -0.3 is 10.1 Å². The van der Waals surface area contributed by atoms with Crippen LogP contribution >= 0.6 is 0 Å². The van der Waals surface area contributed by atoms with Gasteiger partial charge in [0.25, 0.3) is 0 Å². The van der Waals surface area contributed by atoms with Crippen LogP contribution in [0.5, 0.6) is 0 Å². The minimum atomic E-state index is -0.336. The summed E-state index contributed by atoms with van der Waals surface area (Å²) in [4.78, 5) is 10.6. The average molecular weight is 141 g/mol. The smallest absolute Gasteiger partial charge is 0.408 e. The van der Waals surface area contributed by atoms with Gasteiger partial charge in [0.05, 0.1) is 6.04 Å². The van der Waals surface area contributed by atoms with Gasteiger partial charge in [0.15, 0.2) is 0 Å². The lowest BCUT2D eigenvalue weighted by atomic mass is 10.1. The van der Waals surface area contributed by atoms with Crippen LogP contribution in [0, 0.1) is 0 Å².